The topological polar surface area (TPSA) is 84.2 Å². The summed E-state index contributed by atoms with van der Waals surface area (Å²) in [6.07, 6.45) is 23.6. The summed E-state index contributed by atoms with van der Waals surface area (Å²) >= 11 is 0. The summed E-state index contributed by atoms with van der Waals surface area (Å²) in [5.74, 6) is 0.0459. The van der Waals surface area contributed by atoms with E-state index in [4.69, 9.17) is 5.73 Å². The Hall–Kier alpha value is -1.10. The fourth-order valence-electron chi connectivity index (χ4n) is 4.07. The predicted molar refractivity (Wildman–Crippen MR) is 137 cm³/mol. The van der Waals surface area contributed by atoms with Crippen LogP contribution in [0.2, 0.25) is 0 Å². The maximum Gasteiger partial charge on any atom is 0.221 e. The summed E-state index contributed by atoms with van der Waals surface area (Å²) < 4.78 is 0. The van der Waals surface area contributed by atoms with Gasteiger partial charge in [0, 0.05) is 12.8 Å². The van der Waals surface area contributed by atoms with Crippen molar-refractivity contribution >= 4 is 11.8 Å². The number of carbonyl (C=O) groups is 2. The minimum absolute atomic E-state index is 0.0229. The van der Waals surface area contributed by atoms with Crippen molar-refractivity contribution in [3.8, 4) is 0 Å². The first-order valence-corrected chi connectivity index (χ1v) is 13.9. The Morgan fingerprint density at radius 3 is 1.19 bits per heavy atom. The van der Waals surface area contributed by atoms with Crippen LogP contribution >= 0.6 is 0 Å². The third-order valence-electron chi connectivity index (χ3n) is 6.14. The minimum atomic E-state index is -0.336. The van der Waals surface area contributed by atoms with E-state index in [1.54, 1.807) is 0 Å². The number of amides is 2. The monoisotopic (exact) mass is 453 g/mol. The van der Waals surface area contributed by atoms with Gasteiger partial charge in [0.05, 0.1) is 0 Å². The lowest BCUT2D eigenvalue weighted by molar-refractivity contribution is -0.124. The molecule has 190 valence electrons. The van der Waals surface area contributed by atoms with Crippen molar-refractivity contribution < 1.29 is 9.59 Å². The Balaban J connectivity index is 3.77. The van der Waals surface area contributed by atoms with Crippen molar-refractivity contribution in [3.05, 3.63) is 0 Å². The van der Waals surface area contributed by atoms with Gasteiger partial charge in [-0.2, -0.15) is 0 Å². The molecular weight excluding hydrogens is 398 g/mol. The smallest absolute Gasteiger partial charge is 0.221 e. The zero-order chi connectivity index (χ0) is 23.7. The van der Waals surface area contributed by atoms with Gasteiger partial charge in [-0.1, -0.05) is 117 Å². The van der Waals surface area contributed by atoms with Crippen LogP contribution in [0.5, 0.6) is 0 Å². The minimum Gasteiger partial charge on any atom is -0.336 e. The highest BCUT2D eigenvalue weighted by Gasteiger charge is 2.14. The predicted octanol–water partition coefficient (Wildman–Crippen LogP) is 6.74. The maximum absolute atomic E-state index is 12.2. The van der Waals surface area contributed by atoms with Gasteiger partial charge in [0.2, 0.25) is 11.8 Å². The molecule has 0 aromatic carbocycles. The fraction of sp³-hybridized carbons (Fsp3) is 0.926. The van der Waals surface area contributed by atoms with Gasteiger partial charge < -0.3 is 16.4 Å². The Labute approximate surface area is 199 Å². The first kappa shape index (κ1) is 30.9. The molecule has 0 unspecified atom stereocenters. The van der Waals surface area contributed by atoms with Crippen molar-refractivity contribution in [3.63, 3.8) is 0 Å². The standard InChI is InChI=1S/C27H55N3O2/c1-3-5-7-9-11-13-15-17-19-21-26(31)29-25(23-24-28)30-27(32)22-20-18-16-14-12-10-8-6-4-2/h25H,3-24,28H2,1-2H3,(H,29,31)(H,30,32). The lowest BCUT2D eigenvalue weighted by Gasteiger charge is -2.20. The average molecular weight is 454 g/mol. The summed E-state index contributed by atoms with van der Waals surface area (Å²) in [4.78, 5) is 24.5. The van der Waals surface area contributed by atoms with Crippen molar-refractivity contribution in [2.45, 2.75) is 155 Å². The third-order valence-corrected chi connectivity index (χ3v) is 6.14. The molecule has 0 atom stereocenters. The third kappa shape index (κ3) is 22.1. The summed E-state index contributed by atoms with van der Waals surface area (Å²) in [5, 5.41) is 5.92. The SMILES string of the molecule is CCCCCCCCCCCC(=O)NC(CCN)NC(=O)CCCCCCCCCCC. The van der Waals surface area contributed by atoms with E-state index in [9.17, 15) is 9.59 Å². The van der Waals surface area contributed by atoms with E-state index in [0.29, 0.717) is 25.8 Å². The Morgan fingerprint density at radius 2 is 0.875 bits per heavy atom. The highest BCUT2D eigenvalue weighted by molar-refractivity contribution is 5.79. The van der Waals surface area contributed by atoms with Gasteiger partial charge in [0.25, 0.3) is 0 Å². The zero-order valence-corrected chi connectivity index (χ0v) is 21.5. The van der Waals surface area contributed by atoms with Gasteiger partial charge >= 0.3 is 0 Å². The van der Waals surface area contributed by atoms with Crippen LogP contribution in [-0.4, -0.2) is 24.5 Å². The highest BCUT2D eigenvalue weighted by Crippen LogP contribution is 2.11. The number of nitrogens with one attached hydrogen (secondary N) is 2. The molecule has 0 heterocycles. The Bertz CT molecular complexity index is 393. The number of hydrogen-bond acceptors (Lipinski definition) is 3. The molecule has 5 heteroatoms. The number of carbonyl (C=O) groups excluding carboxylic acids is 2. The highest BCUT2D eigenvalue weighted by atomic mass is 16.2. The van der Waals surface area contributed by atoms with E-state index in [2.05, 4.69) is 24.5 Å². The second-order valence-electron chi connectivity index (χ2n) is 9.42. The van der Waals surface area contributed by atoms with Gasteiger partial charge in [0.1, 0.15) is 6.17 Å². The van der Waals surface area contributed by atoms with E-state index in [1.165, 1.54) is 89.9 Å². The van der Waals surface area contributed by atoms with Crippen LogP contribution in [-0.2, 0) is 9.59 Å². The lowest BCUT2D eigenvalue weighted by Crippen LogP contribution is -2.48. The van der Waals surface area contributed by atoms with E-state index < -0.39 is 0 Å². The van der Waals surface area contributed by atoms with Gasteiger partial charge in [-0.25, -0.2) is 0 Å². The Kier molecular flexibility index (Phi) is 23.7. The van der Waals surface area contributed by atoms with E-state index in [-0.39, 0.29) is 18.0 Å². The van der Waals surface area contributed by atoms with Crippen LogP contribution < -0.4 is 16.4 Å². The summed E-state index contributed by atoms with van der Waals surface area (Å²) in [5.41, 5.74) is 5.68. The van der Waals surface area contributed by atoms with E-state index in [1.807, 2.05) is 0 Å². The van der Waals surface area contributed by atoms with Crippen molar-refractivity contribution in [2.24, 2.45) is 5.73 Å². The molecule has 0 radical (unpaired) electrons. The van der Waals surface area contributed by atoms with Crippen LogP contribution in [0.1, 0.15) is 149 Å². The van der Waals surface area contributed by atoms with Gasteiger partial charge in [-0.3, -0.25) is 9.59 Å². The average Bonchev–Trinajstić information content (AvgIpc) is 2.77. The second-order valence-corrected chi connectivity index (χ2v) is 9.42. The maximum atomic E-state index is 12.2. The number of rotatable bonds is 24. The van der Waals surface area contributed by atoms with E-state index in [0.717, 1.165) is 25.7 Å². The van der Waals surface area contributed by atoms with Gasteiger partial charge in [-0.05, 0) is 25.8 Å². The second kappa shape index (κ2) is 24.5. The summed E-state index contributed by atoms with van der Waals surface area (Å²) in [6.45, 7) is 4.93. The molecule has 2 amide bonds. The lowest BCUT2D eigenvalue weighted by atomic mass is 10.1. The molecule has 0 aromatic heterocycles. The number of nitrogens with two attached hydrogens (primary N) is 1. The molecule has 0 rings (SSSR count). The molecule has 0 saturated carbocycles. The first-order valence-electron chi connectivity index (χ1n) is 13.9. The molecule has 0 saturated heterocycles. The molecule has 0 aliphatic carbocycles. The zero-order valence-electron chi connectivity index (χ0n) is 21.5. The van der Waals surface area contributed by atoms with Crippen LogP contribution in [0.3, 0.4) is 0 Å². The van der Waals surface area contributed by atoms with Crippen molar-refractivity contribution in [1.82, 2.24) is 10.6 Å². The fourth-order valence-corrected chi connectivity index (χ4v) is 4.07. The first-order chi connectivity index (χ1) is 15.6. The Morgan fingerprint density at radius 1 is 0.562 bits per heavy atom. The molecule has 32 heavy (non-hydrogen) atoms. The van der Waals surface area contributed by atoms with Crippen molar-refractivity contribution in [1.29, 1.82) is 0 Å². The number of hydrogen-bond donors (Lipinski definition) is 3. The normalized spacial score (nSPS) is 11.1. The summed E-state index contributed by atoms with van der Waals surface area (Å²) in [7, 11) is 0. The molecule has 0 aromatic rings. The quantitative estimate of drug-likeness (QED) is 0.112. The molecule has 0 aliphatic heterocycles. The largest absolute Gasteiger partial charge is 0.336 e. The molecule has 0 spiro atoms. The summed E-state index contributed by atoms with van der Waals surface area (Å²) in [6, 6.07) is 0. The molecule has 0 aliphatic rings. The van der Waals surface area contributed by atoms with Gasteiger partial charge in [0.15, 0.2) is 0 Å². The van der Waals surface area contributed by atoms with Crippen LogP contribution in [0.25, 0.3) is 0 Å². The van der Waals surface area contributed by atoms with Gasteiger partial charge in [-0.15, -0.1) is 0 Å². The molecule has 0 fully saturated rings. The molecular formula is C27H55N3O2. The molecule has 4 N–H and O–H groups in total. The van der Waals surface area contributed by atoms with Crippen molar-refractivity contribution in [2.75, 3.05) is 6.54 Å². The van der Waals surface area contributed by atoms with Crippen LogP contribution in [0.15, 0.2) is 0 Å². The number of unbranched alkanes of at least 4 members (excludes halogenated alkanes) is 16. The van der Waals surface area contributed by atoms with Crippen LogP contribution in [0.4, 0.5) is 0 Å². The van der Waals surface area contributed by atoms with Crippen LogP contribution in [0, 0.1) is 0 Å². The molecule has 5 nitrogen and oxygen atoms in total. The van der Waals surface area contributed by atoms with E-state index >= 15 is 0 Å². The molecule has 0 bridgehead atoms.